The van der Waals surface area contributed by atoms with E-state index in [1.807, 2.05) is 0 Å². The summed E-state index contributed by atoms with van der Waals surface area (Å²) in [5, 5.41) is 12.0. The number of fused-ring (bicyclic) bond motifs is 1. The van der Waals surface area contributed by atoms with Crippen LogP contribution in [0.3, 0.4) is 0 Å². The third kappa shape index (κ3) is 3.43. The first-order valence-corrected chi connectivity index (χ1v) is 6.80. The van der Waals surface area contributed by atoms with Gasteiger partial charge in [-0.15, -0.1) is 0 Å². The van der Waals surface area contributed by atoms with Crippen LogP contribution in [-0.4, -0.2) is 21.8 Å². The fraction of sp³-hybridized carbons (Fsp3) is 0.385. The number of nitrogens with zero attached hydrogens (tertiary/aromatic N) is 1. The van der Waals surface area contributed by atoms with Gasteiger partial charge in [0.1, 0.15) is 11.4 Å². The predicted octanol–water partition coefficient (Wildman–Crippen LogP) is 3.27. The van der Waals surface area contributed by atoms with Crippen LogP contribution >= 0.6 is 11.3 Å². The summed E-state index contributed by atoms with van der Waals surface area (Å²) >= 11 is 1.12. The third-order valence-corrected chi connectivity index (χ3v) is 3.23. The Morgan fingerprint density at radius 1 is 1.50 bits per heavy atom. The van der Waals surface area contributed by atoms with Gasteiger partial charge in [0.15, 0.2) is 5.13 Å². The van der Waals surface area contributed by atoms with Gasteiger partial charge in [-0.05, 0) is 32.9 Å². The van der Waals surface area contributed by atoms with Crippen molar-refractivity contribution in [2.45, 2.75) is 33.0 Å². The molecular weight excluding hydrogens is 283 g/mol. The standard InChI is InChI=1S/C13H15FN2O3S/c1-13(2,3)19-12(18)16-11-15-10-7(6-17)4-8(14)5-9(10)20-11/h4-5,17H,6H2,1-3H3,(H,15,16,18). The quantitative estimate of drug-likeness (QED) is 0.892. The zero-order chi connectivity index (χ0) is 14.9. The third-order valence-electron chi connectivity index (χ3n) is 2.32. The zero-order valence-corrected chi connectivity index (χ0v) is 12.2. The number of halogens is 1. The topological polar surface area (TPSA) is 71.5 Å². The van der Waals surface area contributed by atoms with E-state index in [0.717, 1.165) is 11.3 Å². The lowest BCUT2D eigenvalue weighted by atomic mass is 10.2. The van der Waals surface area contributed by atoms with Crippen molar-refractivity contribution in [3.63, 3.8) is 0 Å². The van der Waals surface area contributed by atoms with Gasteiger partial charge in [0.25, 0.3) is 0 Å². The highest BCUT2D eigenvalue weighted by atomic mass is 32.1. The molecule has 0 aliphatic heterocycles. The van der Waals surface area contributed by atoms with E-state index in [1.165, 1.54) is 12.1 Å². The average molecular weight is 298 g/mol. The maximum absolute atomic E-state index is 13.3. The second-order valence-electron chi connectivity index (χ2n) is 5.22. The molecule has 0 fully saturated rings. The lowest BCUT2D eigenvalue weighted by Crippen LogP contribution is -2.27. The average Bonchev–Trinajstić information content (AvgIpc) is 2.66. The first-order chi connectivity index (χ1) is 9.28. The van der Waals surface area contributed by atoms with Gasteiger partial charge < -0.3 is 9.84 Å². The minimum atomic E-state index is -0.623. The van der Waals surface area contributed by atoms with Crippen LogP contribution in [0.5, 0.6) is 0 Å². The number of ether oxygens (including phenoxy) is 1. The molecule has 2 N–H and O–H groups in total. The molecule has 0 saturated heterocycles. The minimum Gasteiger partial charge on any atom is -0.444 e. The van der Waals surface area contributed by atoms with Crippen molar-refractivity contribution in [2.75, 3.05) is 5.32 Å². The molecule has 0 aliphatic carbocycles. The Kier molecular flexibility index (Phi) is 3.92. The maximum Gasteiger partial charge on any atom is 0.413 e. The van der Waals surface area contributed by atoms with Gasteiger partial charge in [0, 0.05) is 5.56 Å². The highest BCUT2D eigenvalue weighted by Crippen LogP contribution is 2.29. The maximum atomic E-state index is 13.3. The summed E-state index contributed by atoms with van der Waals surface area (Å²) in [4.78, 5) is 15.8. The van der Waals surface area contributed by atoms with Crippen LogP contribution < -0.4 is 5.32 Å². The summed E-state index contributed by atoms with van der Waals surface area (Å²) in [7, 11) is 0. The first kappa shape index (κ1) is 14.7. The van der Waals surface area contributed by atoms with Gasteiger partial charge in [-0.3, -0.25) is 5.32 Å². The van der Waals surface area contributed by atoms with Crippen molar-refractivity contribution in [2.24, 2.45) is 0 Å². The molecule has 20 heavy (non-hydrogen) atoms. The Balaban J connectivity index is 2.26. The Labute approximate surface area is 119 Å². The monoisotopic (exact) mass is 298 g/mol. The van der Waals surface area contributed by atoms with Crippen LogP contribution in [0.25, 0.3) is 10.2 Å². The van der Waals surface area contributed by atoms with E-state index < -0.39 is 17.5 Å². The molecule has 1 aromatic carbocycles. The Bertz CT molecular complexity index is 649. The molecule has 108 valence electrons. The summed E-state index contributed by atoms with van der Waals surface area (Å²) in [5.74, 6) is -0.450. The number of carbonyl (C=O) groups excluding carboxylic acids is 1. The fourth-order valence-corrected chi connectivity index (χ4v) is 2.55. The summed E-state index contributed by atoms with van der Waals surface area (Å²) in [6.45, 7) is 4.95. The highest BCUT2D eigenvalue weighted by Gasteiger charge is 2.18. The number of aromatic nitrogens is 1. The van der Waals surface area contributed by atoms with Crippen LogP contribution in [-0.2, 0) is 11.3 Å². The number of aliphatic hydroxyl groups excluding tert-OH is 1. The molecule has 0 saturated carbocycles. The van der Waals surface area contributed by atoms with Gasteiger partial charge in [-0.1, -0.05) is 11.3 Å². The second kappa shape index (κ2) is 5.34. The first-order valence-electron chi connectivity index (χ1n) is 5.98. The Morgan fingerprint density at radius 3 is 2.80 bits per heavy atom. The van der Waals surface area contributed by atoms with Crippen molar-refractivity contribution in [3.05, 3.63) is 23.5 Å². The Hall–Kier alpha value is -1.73. The van der Waals surface area contributed by atoms with Crippen molar-refractivity contribution in [1.29, 1.82) is 0 Å². The summed E-state index contributed by atoms with van der Waals surface area (Å²) in [6.07, 6.45) is -0.623. The molecule has 1 aromatic heterocycles. The molecule has 2 aromatic rings. The molecule has 1 amide bonds. The number of thiazole rings is 1. The predicted molar refractivity (Wildman–Crippen MR) is 75.4 cm³/mol. The number of rotatable bonds is 2. The molecule has 0 unspecified atom stereocenters. The largest absolute Gasteiger partial charge is 0.444 e. The van der Waals surface area contributed by atoms with E-state index in [-0.39, 0.29) is 6.61 Å². The SMILES string of the molecule is CC(C)(C)OC(=O)Nc1nc2c(CO)cc(F)cc2s1. The van der Waals surface area contributed by atoms with Crippen LogP contribution in [0.1, 0.15) is 26.3 Å². The number of amides is 1. The zero-order valence-electron chi connectivity index (χ0n) is 11.4. The summed E-state index contributed by atoms with van der Waals surface area (Å²) < 4.78 is 19.0. The van der Waals surface area contributed by atoms with Crippen LogP contribution in [0.4, 0.5) is 14.3 Å². The molecular formula is C13H15FN2O3S. The van der Waals surface area contributed by atoms with E-state index in [0.29, 0.717) is 20.9 Å². The van der Waals surface area contributed by atoms with Gasteiger partial charge in [0.05, 0.1) is 16.8 Å². The number of nitrogens with one attached hydrogen (secondary N) is 1. The molecule has 0 radical (unpaired) electrons. The van der Waals surface area contributed by atoms with Gasteiger partial charge >= 0.3 is 6.09 Å². The van der Waals surface area contributed by atoms with E-state index in [1.54, 1.807) is 20.8 Å². The summed E-state index contributed by atoms with van der Waals surface area (Å²) in [6, 6.07) is 2.53. The van der Waals surface area contributed by atoms with Crippen molar-refractivity contribution < 1.29 is 19.0 Å². The smallest absolute Gasteiger partial charge is 0.413 e. The van der Waals surface area contributed by atoms with Crippen molar-refractivity contribution in [1.82, 2.24) is 4.98 Å². The van der Waals surface area contributed by atoms with E-state index >= 15 is 0 Å². The number of anilines is 1. The van der Waals surface area contributed by atoms with Gasteiger partial charge in [0.2, 0.25) is 0 Å². The molecule has 0 spiro atoms. The lowest BCUT2D eigenvalue weighted by Gasteiger charge is -2.18. The van der Waals surface area contributed by atoms with Crippen LogP contribution in [0.2, 0.25) is 0 Å². The van der Waals surface area contributed by atoms with E-state index in [2.05, 4.69) is 10.3 Å². The van der Waals surface area contributed by atoms with Crippen LogP contribution in [0.15, 0.2) is 12.1 Å². The number of hydrogen-bond acceptors (Lipinski definition) is 5. The Morgan fingerprint density at radius 2 is 2.20 bits per heavy atom. The summed E-state index contributed by atoms with van der Waals surface area (Å²) in [5.41, 5.74) is 0.252. The van der Waals surface area contributed by atoms with E-state index in [4.69, 9.17) is 4.74 Å². The van der Waals surface area contributed by atoms with Gasteiger partial charge in [-0.2, -0.15) is 0 Å². The molecule has 0 bridgehead atoms. The number of hydrogen-bond donors (Lipinski definition) is 2. The molecule has 2 rings (SSSR count). The number of aliphatic hydroxyl groups is 1. The van der Waals surface area contributed by atoms with E-state index in [9.17, 15) is 14.3 Å². The molecule has 5 nitrogen and oxygen atoms in total. The molecule has 1 heterocycles. The fourth-order valence-electron chi connectivity index (χ4n) is 1.63. The number of benzene rings is 1. The van der Waals surface area contributed by atoms with Crippen molar-refractivity contribution in [3.8, 4) is 0 Å². The molecule has 7 heteroatoms. The molecule has 0 aliphatic rings. The molecule has 0 atom stereocenters. The van der Waals surface area contributed by atoms with Gasteiger partial charge in [-0.25, -0.2) is 14.2 Å². The normalized spacial score (nSPS) is 11.7. The van der Waals surface area contributed by atoms with Crippen molar-refractivity contribution >= 4 is 32.8 Å². The van der Waals surface area contributed by atoms with Crippen LogP contribution in [0, 0.1) is 5.82 Å². The minimum absolute atomic E-state index is 0.301. The lowest BCUT2D eigenvalue weighted by molar-refractivity contribution is 0.0636. The number of carbonyl (C=O) groups is 1. The second-order valence-corrected chi connectivity index (χ2v) is 6.25. The highest BCUT2D eigenvalue weighted by molar-refractivity contribution is 7.22.